The third-order valence-corrected chi connectivity index (χ3v) is 3.90. The molecule has 0 amide bonds. The van der Waals surface area contributed by atoms with Gasteiger partial charge in [0.05, 0.1) is 11.4 Å². The second kappa shape index (κ2) is 5.71. The van der Waals surface area contributed by atoms with Gasteiger partial charge in [-0.3, -0.25) is 4.72 Å². The van der Waals surface area contributed by atoms with Crippen LogP contribution < -0.4 is 10.5 Å². The lowest BCUT2D eigenvalue weighted by Gasteiger charge is -2.18. The zero-order valence-corrected chi connectivity index (χ0v) is 12.0. The Hall–Kier alpha value is -1.07. The zero-order chi connectivity index (χ0) is 13.8. The third kappa shape index (κ3) is 5.06. The number of hydrogen-bond donors (Lipinski definition) is 2. The van der Waals surface area contributed by atoms with E-state index in [1.165, 1.54) is 0 Å². The van der Waals surface area contributed by atoms with Gasteiger partial charge in [-0.2, -0.15) is 0 Å². The Kier molecular flexibility index (Phi) is 4.76. The Morgan fingerprint density at radius 3 is 2.39 bits per heavy atom. The second-order valence-electron chi connectivity index (χ2n) is 5.59. The molecule has 5 heteroatoms. The number of benzene rings is 1. The minimum atomic E-state index is -3.31. The van der Waals surface area contributed by atoms with Gasteiger partial charge in [-0.1, -0.05) is 39.0 Å². The van der Waals surface area contributed by atoms with E-state index in [1.807, 2.05) is 32.9 Å². The fraction of sp³-hybridized carbons (Fsp3) is 0.538. The molecule has 1 aromatic carbocycles. The highest BCUT2D eigenvalue weighted by atomic mass is 32.2. The maximum absolute atomic E-state index is 12.0. The van der Waals surface area contributed by atoms with Gasteiger partial charge in [0.2, 0.25) is 10.0 Å². The summed E-state index contributed by atoms with van der Waals surface area (Å²) in [5.74, 6) is 0.120. The van der Waals surface area contributed by atoms with Gasteiger partial charge in [-0.25, -0.2) is 8.42 Å². The molecule has 1 rings (SSSR count). The number of anilines is 1. The van der Waals surface area contributed by atoms with Crippen molar-refractivity contribution < 1.29 is 8.42 Å². The van der Waals surface area contributed by atoms with Gasteiger partial charge in [0.25, 0.3) is 0 Å². The number of hydrogen-bond acceptors (Lipinski definition) is 3. The highest BCUT2D eigenvalue weighted by molar-refractivity contribution is 7.92. The lowest BCUT2D eigenvalue weighted by molar-refractivity contribution is 0.397. The van der Waals surface area contributed by atoms with E-state index in [-0.39, 0.29) is 11.2 Å². The van der Waals surface area contributed by atoms with Gasteiger partial charge >= 0.3 is 0 Å². The Morgan fingerprint density at radius 1 is 1.22 bits per heavy atom. The van der Waals surface area contributed by atoms with Crippen LogP contribution in [0.3, 0.4) is 0 Å². The van der Waals surface area contributed by atoms with Crippen molar-refractivity contribution >= 4 is 15.7 Å². The summed E-state index contributed by atoms with van der Waals surface area (Å²) in [4.78, 5) is 0. The van der Waals surface area contributed by atoms with E-state index in [1.54, 1.807) is 12.1 Å². The number of nitrogens with two attached hydrogens (primary N) is 1. The van der Waals surface area contributed by atoms with Crippen molar-refractivity contribution in [2.75, 3.05) is 10.5 Å². The highest BCUT2D eigenvalue weighted by Gasteiger charge is 2.18. The van der Waals surface area contributed by atoms with Crippen LogP contribution in [-0.2, 0) is 16.6 Å². The first-order chi connectivity index (χ1) is 8.23. The van der Waals surface area contributed by atoms with E-state index in [2.05, 4.69) is 4.72 Å². The van der Waals surface area contributed by atoms with E-state index < -0.39 is 10.0 Å². The van der Waals surface area contributed by atoms with E-state index in [4.69, 9.17) is 5.73 Å². The van der Waals surface area contributed by atoms with Crippen LogP contribution >= 0.6 is 0 Å². The molecular weight excluding hydrogens is 248 g/mol. The Morgan fingerprint density at radius 2 is 1.83 bits per heavy atom. The quantitative estimate of drug-likeness (QED) is 0.862. The number of para-hydroxylation sites is 1. The van der Waals surface area contributed by atoms with Gasteiger partial charge in [-0.15, -0.1) is 0 Å². The average molecular weight is 270 g/mol. The average Bonchev–Trinajstić information content (AvgIpc) is 2.26. The standard InChI is InChI=1S/C13H22N2O2S/c1-13(2,3)8-9-18(16,17)15-12-7-5-4-6-11(12)10-14/h4-7,15H,8-10,14H2,1-3H3. The molecular formula is C13H22N2O2S. The summed E-state index contributed by atoms with van der Waals surface area (Å²) in [6, 6.07) is 7.19. The van der Waals surface area contributed by atoms with E-state index in [9.17, 15) is 8.42 Å². The maximum atomic E-state index is 12.0. The summed E-state index contributed by atoms with van der Waals surface area (Å²) in [5.41, 5.74) is 6.96. The summed E-state index contributed by atoms with van der Waals surface area (Å²) in [6.07, 6.45) is 0.618. The number of nitrogens with one attached hydrogen (secondary N) is 1. The molecule has 0 saturated carbocycles. The summed E-state index contributed by atoms with van der Waals surface area (Å²) in [5, 5.41) is 0. The van der Waals surface area contributed by atoms with Crippen molar-refractivity contribution in [2.24, 2.45) is 11.1 Å². The van der Waals surface area contributed by atoms with Crippen molar-refractivity contribution in [3.8, 4) is 0 Å². The smallest absolute Gasteiger partial charge is 0.232 e. The Bertz CT molecular complexity index is 490. The van der Waals surface area contributed by atoms with Crippen molar-refractivity contribution in [3.05, 3.63) is 29.8 Å². The summed E-state index contributed by atoms with van der Waals surface area (Å²) >= 11 is 0. The van der Waals surface area contributed by atoms with Crippen LogP contribution in [0.2, 0.25) is 0 Å². The van der Waals surface area contributed by atoms with Crippen LogP contribution in [0.25, 0.3) is 0 Å². The first-order valence-electron chi connectivity index (χ1n) is 6.02. The van der Waals surface area contributed by atoms with Crippen molar-refractivity contribution in [1.82, 2.24) is 0 Å². The largest absolute Gasteiger partial charge is 0.326 e. The molecule has 0 unspecified atom stereocenters. The Labute approximate surface area is 110 Å². The van der Waals surface area contributed by atoms with Crippen LogP contribution in [0.1, 0.15) is 32.8 Å². The van der Waals surface area contributed by atoms with Crippen LogP contribution in [0, 0.1) is 5.41 Å². The molecule has 1 aromatic rings. The monoisotopic (exact) mass is 270 g/mol. The minimum absolute atomic E-state index is 0.00212. The second-order valence-corrected chi connectivity index (χ2v) is 7.43. The fourth-order valence-corrected chi connectivity index (χ4v) is 2.97. The van der Waals surface area contributed by atoms with Crippen molar-refractivity contribution in [1.29, 1.82) is 0 Å². The first-order valence-corrected chi connectivity index (χ1v) is 7.67. The van der Waals surface area contributed by atoms with Gasteiger partial charge in [-0.05, 0) is 23.5 Å². The third-order valence-electron chi connectivity index (χ3n) is 2.62. The van der Waals surface area contributed by atoms with Crippen molar-refractivity contribution in [3.63, 3.8) is 0 Å². The molecule has 0 heterocycles. The summed E-state index contributed by atoms with van der Waals surface area (Å²) < 4.78 is 26.5. The van der Waals surface area contributed by atoms with E-state index in [0.717, 1.165) is 5.56 Å². The molecule has 102 valence electrons. The molecule has 3 N–H and O–H groups in total. The van der Waals surface area contributed by atoms with E-state index in [0.29, 0.717) is 18.7 Å². The predicted molar refractivity (Wildman–Crippen MR) is 75.8 cm³/mol. The molecule has 0 atom stereocenters. The van der Waals surface area contributed by atoms with Gasteiger partial charge < -0.3 is 5.73 Å². The Balaban J connectivity index is 2.77. The van der Waals surface area contributed by atoms with E-state index >= 15 is 0 Å². The van der Waals surface area contributed by atoms with Crippen LogP contribution in [0.5, 0.6) is 0 Å². The fourth-order valence-electron chi connectivity index (χ4n) is 1.46. The van der Waals surface area contributed by atoms with Gasteiger partial charge in [0.1, 0.15) is 0 Å². The zero-order valence-electron chi connectivity index (χ0n) is 11.2. The molecule has 0 radical (unpaired) electrons. The highest BCUT2D eigenvalue weighted by Crippen LogP contribution is 2.21. The number of rotatable bonds is 5. The molecule has 0 aliphatic rings. The molecule has 4 nitrogen and oxygen atoms in total. The molecule has 0 aliphatic heterocycles. The maximum Gasteiger partial charge on any atom is 0.232 e. The summed E-state index contributed by atoms with van der Waals surface area (Å²) in [7, 11) is -3.31. The normalized spacial score (nSPS) is 12.4. The van der Waals surface area contributed by atoms with Gasteiger partial charge in [0, 0.05) is 6.54 Å². The predicted octanol–water partition coefficient (Wildman–Crippen LogP) is 2.32. The van der Waals surface area contributed by atoms with Crippen molar-refractivity contribution in [2.45, 2.75) is 33.7 Å². The molecule has 18 heavy (non-hydrogen) atoms. The SMILES string of the molecule is CC(C)(C)CCS(=O)(=O)Nc1ccccc1CN. The van der Waals surface area contributed by atoms with Gasteiger partial charge in [0.15, 0.2) is 0 Å². The topological polar surface area (TPSA) is 72.2 Å². The molecule has 0 fully saturated rings. The molecule has 0 aromatic heterocycles. The summed E-state index contributed by atoms with van der Waals surface area (Å²) in [6.45, 7) is 6.39. The molecule has 0 spiro atoms. The van der Waals surface area contributed by atoms with Crippen LogP contribution in [-0.4, -0.2) is 14.2 Å². The molecule has 0 aliphatic carbocycles. The minimum Gasteiger partial charge on any atom is -0.326 e. The first kappa shape index (κ1) is 15.0. The molecule has 0 saturated heterocycles. The van der Waals surface area contributed by atoms with Crippen LogP contribution in [0.4, 0.5) is 5.69 Å². The van der Waals surface area contributed by atoms with Crippen LogP contribution in [0.15, 0.2) is 24.3 Å². The lowest BCUT2D eigenvalue weighted by Crippen LogP contribution is -2.21. The number of sulfonamides is 1. The molecule has 0 bridgehead atoms. The lowest BCUT2D eigenvalue weighted by atomic mass is 9.94.